The molecule has 2 aromatic heterocycles. The quantitative estimate of drug-likeness (QED) is 0.922. The molecule has 0 radical (unpaired) electrons. The number of fused-ring (bicyclic) bond motifs is 3. The lowest BCUT2D eigenvalue weighted by atomic mass is 9.86. The Morgan fingerprint density at radius 1 is 1.21 bits per heavy atom. The van der Waals surface area contributed by atoms with E-state index in [2.05, 4.69) is 29.2 Å². The number of carbonyl (C=O) groups is 1. The van der Waals surface area contributed by atoms with Crippen LogP contribution in [0.5, 0.6) is 0 Å². The van der Waals surface area contributed by atoms with E-state index < -0.39 is 0 Å². The number of hydrogen-bond acceptors (Lipinski definition) is 3. The molecule has 2 aliphatic carbocycles. The Bertz CT molecular complexity index is 766. The minimum absolute atomic E-state index is 0.0274. The highest BCUT2D eigenvalue weighted by Crippen LogP contribution is 2.27. The van der Waals surface area contributed by atoms with Crippen LogP contribution in [0.4, 0.5) is 0 Å². The normalized spacial score (nSPS) is 27.0. The molecule has 2 aliphatic rings. The summed E-state index contributed by atoms with van der Waals surface area (Å²) in [5.74, 6) is 1.22. The Balaban J connectivity index is 1.62. The van der Waals surface area contributed by atoms with Crippen LogP contribution >= 0.6 is 0 Å². The predicted molar refractivity (Wildman–Crippen MR) is 93.1 cm³/mol. The molecule has 1 fully saturated rings. The maximum Gasteiger partial charge on any atom is 0.256 e. The van der Waals surface area contributed by atoms with E-state index >= 15 is 0 Å². The number of amides is 1. The number of carbonyl (C=O) groups excluding carboxylic acids is 1. The van der Waals surface area contributed by atoms with E-state index in [1.807, 2.05) is 10.7 Å². The first-order chi connectivity index (χ1) is 11.6. The van der Waals surface area contributed by atoms with Crippen molar-refractivity contribution in [2.45, 2.75) is 64.8 Å². The average molecular weight is 326 g/mol. The molecule has 1 N–H and O–H groups in total. The lowest BCUT2D eigenvalue weighted by Gasteiger charge is -2.29. The van der Waals surface area contributed by atoms with Gasteiger partial charge in [-0.1, -0.05) is 26.7 Å². The van der Waals surface area contributed by atoms with E-state index in [-0.39, 0.29) is 11.9 Å². The highest BCUT2D eigenvalue weighted by atomic mass is 16.1. The summed E-state index contributed by atoms with van der Waals surface area (Å²) in [6, 6.07) is 0.277. The maximum atomic E-state index is 12.7. The highest BCUT2D eigenvalue weighted by molar-refractivity contribution is 5.99. The second kappa shape index (κ2) is 6.19. The molecule has 4 rings (SSSR count). The summed E-state index contributed by atoms with van der Waals surface area (Å²) in [5, 5.41) is 7.70. The second-order valence-corrected chi connectivity index (χ2v) is 7.71. The Morgan fingerprint density at radius 3 is 2.88 bits per heavy atom. The van der Waals surface area contributed by atoms with Crippen molar-refractivity contribution in [1.82, 2.24) is 19.9 Å². The van der Waals surface area contributed by atoms with E-state index in [1.165, 1.54) is 36.9 Å². The van der Waals surface area contributed by atoms with Crippen LogP contribution in [0.3, 0.4) is 0 Å². The fourth-order valence-electron chi connectivity index (χ4n) is 4.25. The summed E-state index contributed by atoms with van der Waals surface area (Å²) in [6.45, 7) is 4.51. The molecule has 128 valence electrons. The number of aromatic nitrogens is 3. The van der Waals surface area contributed by atoms with Crippen molar-refractivity contribution >= 4 is 11.6 Å². The summed E-state index contributed by atoms with van der Waals surface area (Å²) in [5.41, 5.74) is 3.80. The molecule has 1 saturated carbocycles. The van der Waals surface area contributed by atoms with Gasteiger partial charge in [-0.25, -0.2) is 9.50 Å². The number of nitrogens with zero attached hydrogens (tertiary/aromatic N) is 3. The molecule has 0 aliphatic heterocycles. The Hall–Kier alpha value is -1.91. The third-order valence-electron chi connectivity index (χ3n) is 5.83. The molecule has 24 heavy (non-hydrogen) atoms. The molecule has 2 aromatic rings. The molecular weight excluding hydrogens is 300 g/mol. The smallest absolute Gasteiger partial charge is 0.256 e. The number of hydrogen-bond donors (Lipinski definition) is 1. The molecule has 0 spiro atoms. The monoisotopic (exact) mass is 326 g/mol. The largest absolute Gasteiger partial charge is 0.349 e. The van der Waals surface area contributed by atoms with Gasteiger partial charge < -0.3 is 5.32 Å². The first-order valence-corrected chi connectivity index (χ1v) is 9.29. The van der Waals surface area contributed by atoms with E-state index in [9.17, 15) is 4.79 Å². The van der Waals surface area contributed by atoms with Crippen LogP contribution in [0.25, 0.3) is 5.65 Å². The van der Waals surface area contributed by atoms with Gasteiger partial charge in [-0.3, -0.25) is 4.79 Å². The van der Waals surface area contributed by atoms with Crippen molar-refractivity contribution in [3.05, 3.63) is 29.2 Å². The van der Waals surface area contributed by atoms with Crippen molar-refractivity contribution in [3.63, 3.8) is 0 Å². The van der Waals surface area contributed by atoms with Gasteiger partial charge in [0, 0.05) is 17.9 Å². The third kappa shape index (κ3) is 2.70. The molecular formula is C19H26N4O. The zero-order chi connectivity index (χ0) is 16.7. The predicted octanol–water partition coefficient (Wildman–Crippen LogP) is 3.16. The Labute approximate surface area is 142 Å². The summed E-state index contributed by atoms with van der Waals surface area (Å²) >= 11 is 0. The van der Waals surface area contributed by atoms with Crippen molar-refractivity contribution in [3.8, 4) is 0 Å². The number of aryl methyl sites for hydroxylation is 1. The van der Waals surface area contributed by atoms with Gasteiger partial charge in [0.05, 0.1) is 6.20 Å². The van der Waals surface area contributed by atoms with Crippen molar-refractivity contribution in [1.29, 1.82) is 0 Å². The third-order valence-corrected chi connectivity index (χ3v) is 5.83. The average Bonchev–Trinajstić information content (AvgIpc) is 3.01. The van der Waals surface area contributed by atoms with Crippen LogP contribution < -0.4 is 5.32 Å². The summed E-state index contributed by atoms with van der Waals surface area (Å²) in [4.78, 5) is 17.3. The highest BCUT2D eigenvalue weighted by Gasteiger charge is 2.26. The summed E-state index contributed by atoms with van der Waals surface area (Å²) in [7, 11) is 0. The molecule has 0 saturated heterocycles. The van der Waals surface area contributed by atoms with Gasteiger partial charge in [-0.2, -0.15) is 5.10 Å². The zero-order valence-electron chi connectivity index (χ0n) is 14.6. The molecule has 5 nitrogen and oxygen atoms in total. The maximum absolute atomic E-state index is 12.7. The van der Waals surface area contributed by atoms with E-state index in [1.54, 1.807) is 6.20 Å². The van der Waals surface area contributed by atoms with Crippen molar-refractivity contribution in [2.24, 2.45) is 11.8 Å². The lowest BCUT2D eigenvalue weighted by molar-refractivity contribution is 0.0911. The van der Waals surface area contributed by atoms with E-state index in [0.717, 1.165) is 19.3 Å². The van der Waals surface area contributed by atoms with Gasteiger partial charge in [-0.05, 0) is 49.5 Å². The minimum atomic E-state index is -0.0274. The van der Waals surface area contributed by atoms with Crippen molar-refractivity contribution < 1.29 is 4.79 Å². The molecule has 3 unspecified atom stereocenters. The van der Waals surface area contributed by atoms with Gasteiger partial charge in [-0.15, -0.1) is 0 Å². The first-order valence-electron chi connectivity index (χ1n) is 9.29. The van der Waals surface area contributed by atoms with Crippen LogP contribution in [-0.4, -0.2) is 26.5 Å². The molecule has 2 heterocycles. The molecule has 0 bridgehead atoms. The molecule has 3 atom stereocenters. The number of rotatable bonds is 2. The van der Waals surface area contributed by atoms with Crippen LogP contribution in [0.1, 0.15) is 67.6 Å². The SMILES string of the molecule is CC1CCc2c(cnc3c(C(=O)NC4CCCCC4C)cnn23)C1. The Kier molecular flexibility index (Phi) is 4.02. The van der Waals surface area contributed by atoms with E-state index in [4.69, 9.17) is 0 Å². The van der Waals surface area contributed by atoms with Crippen LogP contribution in [0.15, 0.2) is 12.4 Å². The van der Waals surface area contributed by atoms with Crippen LogP contribution in [0.2, 0.25) is 0 Å². The van der Waals surface area contributed by atoms with Crippen LogP contribution in [0, 0.1) is 11.8 Å². The molecule has 5 heteroatoms. The van der Waals surface area contributed by atoms with Gasteiger partial charge in [0.25, 0.3) is 5.91 Å². The minimum Gasteiger partial charge on any atom is -0.349 e. The van der Waals surface area contributed by atoms with Gasteiger partial charge in [0.15, 0.2) is 5.65 Å². The first kappa shape index (κ1) is 15.6. The van der Waals surface area contributed by atoms with Gasteiger partial charge >= 0.3 is 0 Å². The summed E-state index contributed by atoms with van der Waals surface area (Å²) < 4.78 is 1.89. The number of nitrogens with one attached hydrogen (secondary N) is 1. The zero-order valence-corrected chi connectivity index (χ0v) is 14.6. The van der Waals surface area contributed by atoms with Crippen LogP contribution in [-0.2, 0) is 12.8 Å². The lowest BCUT2D eigenvalue weighted by Crippen LogP contribution is -2.41. The van der Waals surface area contributed by atoms with Gasteiger partial charge in [0.2, 0.25) is 0 Å². The second-order valence-electron chi connectivity index (χ2n) is 7.71. The van der Waals surface area contributed by atoms with E-state index in [0.29, 0.717) is 23.0 Å². The molecule has 0 aromatic carbocycles. The summed E-state index contributed by atoms with van der Waals surface area (Å²) in [6.07, 6.45) is 11.6. The fraction of sp³-hybridized carbons (Fsp3) is 0.632. The standard InChI is InChI=1S/C19H26N4O/c1-12-7-8-17-14(9-12)10-20-18-15(11-21-23(17)18)19(24)22-16-6-4-3-5-13(16)2/h10-13,16H,3-9H2,1-2H3,(H,22,24). The van der Waals surface area contributed by atoms with Gasteiger partial charge in [0.1, 0.15) is 5.56 Å². The van der Waals surface area contributed by atoms with Crippen molar-refractivity contribution in [2.75, 3.05) is 0 Å². The Morgan fingerprint density at radius 2 is 2.04 bits per heavy atom. The molecule has 1 amide bonds. The topological polar surface area (TPSA) is 59.3 Å². The fourth-order valence-corrected chi connectivity index (χ4v) is 4.25.